The van der Waals surface area contributed by atoms with Crippen molar-refractivity contribution in [2.75, 3.05) is 0 Å². The maximum absolute atomic E-state index is 2.49. The lowest BCUT2D eigenvalue weighted by molar-refractivity contribution is 0.0202. The van der Waals surface area contributed by atoms with Crippen LogP contribution in [0.15, 0.2) is 0 Å². The second-order valence-corrected chi connectivity index (χ2v) is 52.9. The minimum atomic E-state index is 0.547. The average molecular weight is 1500 g/mol. The highest BCUT2D eigenvalue weighted by Gasteiger charge is 2.51. The van der Waals surface area contributed by atoms with E-state index in [2.05, 4.69) is 242 Å². The van der Waals surface area contributed by atoms with Crippen LogP contribution in [-0.4, -0.2) is 0 Å². The van der Waals surface area contributed by atoms with Crippen LogP contribution in [0.1, 0.15) is 499 Å². The summed E-state index contributed by atoms with van der Waals surface area (Å²) in [6, 6.07) is 0. The maximum Gasteiger partial charge on any atom is -0.0297 e. The van der Waals surface area contributed by atoms with Crippen LogP contribution in [0, 0.1) is 189 Å². The molecular formula is C108H206. The molecule has 9 unspecified atom stereocenters. The molecule has 0 amide bonds. The van der Waals surface area contributed by atoms with Crippen LogP contribution in [-0.2, 0) is 0 Å². The molecule has 15 atom stereocenters. The van der Waals surface area contributed by atoms with Gasteiger partial charge < -0.3 is 0 Å². The molecule has 18 aliphatic rings. The van der Waals surface area contributed by atoms with Crippen molar-refractivity contribution in [3.05, 3.63) is 0 Å². The molecule has 0 aromatic rings. The first kappa shape index (κ1) is 96.8. The second-order valence-electron chi connectivity index (χ2n) is 52.9. The van der Waals surface area contributed by atoms with Crippen molar-refractivity contribution in [1.29, 1.82) is 0 Å². The third-order valence-electron chi connectivity index (χ3n) is 37.9. The third-order valence-corrected chi connectivity index (χ3v) is 37.9. The summed E-state index contributed by atoms with van der Waals surface area (Å²) in [6.07, 6.45) is 59.2. The van der Waals surface area contributed by atoms with Crippen molar-refractivity contribution in [1.82, 2.24) is 0 Å². The summed E-state index contributed by atoms with van der Waals surface area (Å²) in [7, 11) is 0. The smallest absolute Gasteiger partial charge is 0.0297 e. The van der Waals surface area contributed by atoms with Gasteiger partial charge in [0, 0.05) is 0 Å². The van der Waals surface area contributed by atoms with Gasteiger partial charge in [-0.3, -0.25) is 0 Å². The lowest BCUT2D eigenvalue weighted by Gasteiger charge is -2.49. The normalized spacial score (nSPS) is 41.8. The van der Waals surface area contributed by atoms with Crippen LogP contribution in [0.4, 0.5) is 0 Å². The Labute approximate surface area is 684 Å². The molecule has 18 saturated carbocycles. The highest BCUT2D eigenvalue weighted by molar-refractivity contribution is 5.01. The van der Waals surface area contributed by atoms with Gasteiger partial charge in [-0.25, -0.2) is 0 Å². The molecule has 0 radical (unpaired) electrons. The first-order valence-corrected chi connectivity index (χ1v) is 49.4. The molecule has 108 heavy (non-hydrogen) atoms. The first-order chi connectivity index (χ1) is 49.4. The van der Waals surface area contributed by atoms with E-state index in [1.54, 1.807) is 38.5 Å². The number of hydrogen-bond acceptors (Lipinski definition) is 0. The van der Waals surface area contributed by atoms with Crippen LogP contribution >= 0.6 is 0 Å². The molecule has 0 aromatic heterocycles. The van der Waals surface area contributed by atoms with Gasteiger partial charge >= 0.3 is 0 Å². The zero-order chi connectivity index (χ0) is 81.4. The summed E-state index contributed by atoms with van der Waals surface area (Å²) in [5, 5.41) is 0. The van der Waals surface area contributed by atoms with Gasteiger partial charge in [0.05, 0.1) is 0 Å². The van der Waals surface area contributed by atoms with E-state index in [1.807, 2.05) is 0 Å². The summed E-state index contributed by atoms with van der Waals surface area (Å²) in [5.74, 6) is 21.7. The molecule has 0 heteroatoms. The Morgan fingerprint density at radius 1 is 0.231 bits per heavy atom. The van der Waals surface area contributed by atoms with Crippen molar-refractivity contribution in [2.45, 2.75) is 499 Å². The van der Waals surface area contributed by atoms with Crippen molar-refractivity contribution in [3.8, 4) is 0 Å². The fourth-order valence-electron chi connectivity index (χ4n) is 29.4. The van der Waals surface area contributed by atoms with E-state index in [4.69, 9.17) is 0 Å². The van der Waals surface area contributed by atoms with E-state index in [9.17, 15) is 0 Å². The Kier molecular flexibility index (Phi) is 35.2. The van der Waals surface area contributed by atoms with E-state index in [0.717, 1.165) is 135 Å². The Morgan fingerprint density at radius 2 is 0.648 bits per heavy atom. The lowest BCUT2D eigenvalue weighted by atomic mass is 9.56. The maximum atomic E-state index is 2.49. The summed E-state index contributed by atoms with van der Waals surface area (Å²) < 4.78 is 0. The van der Waals surface area contributed by atoms with Crippen LogP contribution in [0.3, 0.4) is 0 Å². The Bertz CT molecular complexity index is 2430. The van der Waals surface area contributed by atoms with Crippen LogP contribution in [0.5, 0.6) is 0 Å². The molecule has 18 rings (SSSR count). The topological polar surface area (TPSA) is 0 Å². The molecule has 0 heterocycles. The molecule has 0 saturated heterocycles. The van der Waals surface area contributed by atoms with Crippen molar-refractivity contribution >= 4 is 0 Å². The molecule has 0 aliphatic heterocycles. The third kappa shape index (κ3) is 28.9. The van der Waals surface area contributed by atoms with Crippen LogP contribution < -0.4 is 0 Å². The van der Waals surface area contributed by atoms with E-state index in [0.29, 0.717) is 54.1 Å². The van der Waals surface area contributed by atoms with Crippen molar-refractivity contribution in [2.24, 2.45) is 189 Å². The zero-order valence-electron chi connectivity index (χ0n) is 81.4. The standard InChI is InChI=1S/C12H24.2C11H22.2C10H18.3C9H16.3C9H18/c1-10(2)7-11(3,4)9-12(5,6)8-10;1-9-6-10(2,3)8-11(4,5)7-9;1-9-10(2,3)7-6-8-11(9,4)5;1-7-8-4-5-9(6-8)10(7,2)3;1-8-7-9-3-5-10(8,2)6-4-9;1-7-5-8-3-4-9(7,2)6-8;1-6-7(2)9-4-3-8(6)5-9;1-7-6-8-2-4-9(7)5-3-8;1-8-4-6-9(2,3)7-5-8;1-8-6-4-5-7-9(8,2)3;1-7-5-4-6-8(2)9(7)3/h7-9H2,1-6H3;2*9H,6-8H2,1-5H3;7-9H,4-6H2,1-3H3;8-9H,3-7H2,1-2H3;7-8H,3-6H2,1-2H3;6-9H,3-5H2,1-2H3;7-9H,2-6H2,1H3;2*8H,4-7H2,1-3H3;7-9H,4-6H2,1-3H3/t;;;7-,8?,9?;8-,9?,10?;7-,8?,9?;6-,7?,8?,9?;7-,8?,9?;;8-;/m...10000.1./s1. The van der Waals surface area contributed by atoms with E-state index in [-0.39, 0.29) is 0 Å². The summed E-state index contributed by atoms with van der Waals surface area (Å²) >= 11 is 0. The Morgan fingerprint density at radius 3 is 0.917 bits per heavy atom. The van der Waals surface area contributed by atoms with Gasteiger partial charge in [0.1, 0.15) is 0 Å². The van der Waals surface area contributed by atoms with Gasteiger partial charge in [-0.05, 0) is 375 Å². The van der Waals surface area contributed by atoms with Gasteiger partial charge in [-0.1, -0.05) is 313 Å². The first-order valence-electron chi connectivity index (χ1n) is 49.4. The number of fused-ring (bicyclic) bond motifs is 12. The highest BCUT2D eigenvalue weighted by Crippen LogP contribution is 2.61. The van der Waals surface area contributed by atoms with Crippen LogP contribution in [0.25, 0.3) is 0 Å². The molecule has 18 fully saturated rings. The monoisotopic (exact) mass is 1500 g/mol. The Balaban J connectivity index is 0.000000186. The molecule has 0 spiro atoms. The summed E-state index contributed by atoms with van der Waals surface area (Å²) in [6.45, 7) is 84.6. The van der Waals surface area contributed by atoms with Gasteiger partial charge in [0.15, 0.2) is 0 Å². The number of hydrogen-bond donors (Lipinski definition) is 0. The van der Waals surface area contributed by atoms with Gasteiger partial charge in [0.25, 0.3) is 0 Å². The van der Waals surface area contributed by atoms with E-state index < -0.39 is 0 Å². The fraction of sp³-hybridized carbons (Fsp3) is 1.00. The summed E-state index contributed by atoms with van der Waals surface area (Å²) in [5.41, 5.74) is 7.43. The highest BCUT2D eigenvalue weighted by atomic mass is 14.6. The van der Waals surface area contributed by atoms with Gasteiger partial charge in [0.2, 0.25) is 0 Å². The molecule has 18 aliphatic carbocycles. The molecule has 638 valence electrons. The molecule has 0 aromatic carbocycles. The summed E-state index contributed by atoms with van der Waals surface area (Å²) in [4.78, 5) is 0. The SMILES string of the molecule is CC1(C)CC(C)(C)CC(C)(C)C1.CC1C(C)(C)CCCC1(C)C.CC1C2CCC(C2)[C@H]1C.CC1CC(C)(C)CC(C)(C)C1.CC1CCC(C)(C)CC1.CC1CCCC(C)C1C.C[C@@H]1C2CCC(C2)C1(C)C.C[C@@H]1CCCCC1(C)C.C[C@H]1CC2CCC1(C)C2.C[C@H]1CC2CCC1(C)CC2.C[C@H]1CC2CCC1CC2. The lowest BCUT2D eigenvalue weighted by Crippen LogP contribution is -2.38. The molecular weight excluding hydrogens is 1300 g/mol. The fourth-order valence-corrected chi connectivity index (χ4v) is 29.4. The zero-order valence-corrected chi connectivity index (χ0v) is 81.4. The average Bonchev–Trinajstić information content (AvgIpc) is 1.62. The Hall–Kier alpha value is 0. The minimum absolute atomic E-state index is 0.547. The van der Waals surface area contributed by atoms with Crippen LogP contribution in [0.2, 0.25) is 0 Å². The van der Waals surface area contributed by atoms with Gasteiger partial charge in [-0.15, -0.1) is 0 Å². The quantitative estimate of drug-likeness (QED) is 0.227. The van der Waals surface area contributed by atoms with Crippen molar-refractivity contribution in [3.63, 3.8) is 0 Å². The minimum Gasteiger partial charge on any atom is -0.0625 e. The molecule has 0 N–H and O–H groups in total. The van der Waals surface area contributed by atoms with E-state index in [1.165, 1.54) is 218 Å². The predicted octanol–water partition coefficient (Wildman–Crippen LogP) is 36.1. The predicted molar refractivity (Wildman–Crippen MR) is 486 cm³/mol. The molecule has 0 nitrogen and oxygen atoms in total. The number of rotatable bonds is 0. The second kappa shape index (κ2) is 39.3. The largest absolute Gasteiger partial charge is 0.0625 e. The van der Waals surface area contributed by atoms with E-state index >= 15 is 0 Å². The van der Waals surface area contributed by atoms with Gasteiger partial charge in [-0.2, -0.15) is 0 Å². The van der Waals surface area contributed by atoms with Crippen molar-refractivity contribution < 1.29 is 0 Å². The molecule has 10 bridgehead atoms.